The second kappa shape index (κ2) is 6.12. The van der Waals surface area contributed by atoms with Gasteiger partial charge in [-0.05, 0) is 36.0 Å². The number of amides is 1. The Morgan fingerprint density at radius 1 is 1.29 bits per heavy atom. The fourth-order valence-corrected chi connectivity index (χ4v) is 3.07. The van der Waals surface area contributed by atoms with Gasteiger partial charge in [0.05, 0.1) is 5.69 Å². The van der Waals surface area contributed by atoms with Gasteiger partial charge < -0.3 is 5.32 Å². The van der Waals surface area contributed by atoms with Crippen LogP contribution in [0.3, 0.4) is 0 Å². The lowest BCUT2D eigenvalue weighted by atomic mass is 9.97. The number of nitrogens with zero attached hydrogens (tertiary/aromatic N) is 1. The van der Waals surface area contributed by atoms with Gasteiger partial charge in [-0.25, -0.2) is 0 Å². The lowest BCUT2D eigenvalue weighted by Gasteiger charge is -2.15. The van der Waals surface area contributed by atoms with E-state index < -0.39 is 0 Å². The fourth-order valence-electron chi connectivity index (χ4n) is 3.07. The number of hydrogen-bond acceptors (Lipinski definition) is 2. The molecule has 1 aliphatic carbocycles. The predicted octanol–water partition coefficient (Wildman–Crippen LogP) is 3.13. The van der Waals surface area contributed by atoms with Gasteiger partial charge in [-0.1, -0.05) is 37.6 Å². The average molecular weight is 283 g/mol. The molecule has 0 spiro atoms. The third-order valence-electron chi connectivity index (χ3n) is 4.43. The molecule has 1 fully saturated rings. The number of benzene rings is 1. The summed E-state index contributed by atoms with van der Waals surface area (Å²) in [7, 11) is 0. The predicted molar refractivity (Wildman–Crippen MR) is 82.4 cm³/mol. The fraction of sp³-hybridized carbons (Fsp3) is 0.412. The van der Waals surface area contributed by atoms with E-state index in [4.69, 9.17) is 0 Å². The van der Waals surface area contributed by atoms with Crippen molar-refractivity contribution in [3.05, 3.63) is 42.1 Å². The first-order valence-corrected chi connectivity index (χ1v) is 7.60. The van der Waals surface area contributed by atoms with Crippen molar-refractivity contribution in [3.63, 3.8) is 0 Å². The van der Waals surface area contributed by atoms with Gasteiger partial charge in [-0.2, -0.15) is 5.10 Å². The number of nitrogens with one attached hydrogen (secondary N) is 2. The van der Waals surface area contributed by atoms with Crippen LogP contribution in [-0.2, 0) is 11.3 Å². The van der Waals surface area contributed by atoms with E-state index in [9.17, 15) is 4.79 Å². The summed E-state index contributed by atoms with van der Waals surface area (Å²) >= 11 is 0. The minimum Gasteiger partial charge on any atom is -0.352 e. The zero-order valence-corrected chi connectivity index (χ0v) is 12.3. The van der Waals surface area contributed by atoms with Crippen molar-refractivity contribution in [1.29, 1.82) is 0 Å². The van der Waals surface area contributed by atoms with Crippen molar-refractivity contribution in [3.8, 4) is 11.3 Å². The first-order chi connectivity index (χ1) is 10.2. The molecule has 1 aromatic heterocycles. The molecule has 1 aromatic carbocycles. The maximum atomic E-state index is 12.2. The molecule has 1 amide bonds. The Bertz CT molecular complexity index is 589. The first kappa shape index (κ1) is 13.9. The summed E-state index contributed by atoms with van der Waals surface area (Å²) in [6.07, 6.45) is 5.13. The van der Waals surface area contributed by atoms with Crippen LogP contribution in [0, 0.1) is 11.8 Å². The van der Waals surface area contributed by atoms with Crippen LogP contribution >= 0.6 is 0 Å². The maximum Gasteiger partial charge on any atom is 0.223 e. The molecule has 0 radical (unpaired) electrons. The molecule has 0 saturated heterocycles. The van der Waals surface area contributed by atoms with Crippen molar-refractivity contribution in [2.24, 2.45) is 11.8 Å². The third kappa shape index (κ3) is 3.15. The molecule has 4 nitrogen and oxygen atoms in total. The van der Waals surface area contributed by atoms with Crippen LogP contribution in [0.4, 0.5) is 0 Å². The van der Waals surface area contributed by atoms with E-state index >= 15 is 0 Å². The molecule has 1 heterocycles. The summed E-state index contributed by atoms with van der Waals surface area (Å²) in [4.78, 5) is 12.2. The highest BCUT2D eigenvalue weighted by molar-refractivity contribution is 5.79. The van der Waals surface area contributed by atoms with Crippen LogP contribution in [0.15, 0.2) is 36.5 Å². The average Bonchev–Trinajstić information content (AvgIpc) is 3.16. The molecule has 2 unspecified atom stereocenters. The summed E-state index contributed by atoms with van der Waals surface area (Å²) in [5.74, 6) is 0.930. The second-order valence-electron chi connectivity index (χ2n) is 5.90. The van der Waals surface area contributed by atoms with Gasteiger partial charge in [0.2, 0.25) is 5.91 Å². The highest BCUT2D eigenvalue weighted by Crippen LogP contribution is 2.31. The van der Waals surface area contributed by atoms with Gasteiger partial charge in [-0.3, -0.25) is 9.89 Å². The molecule has 0 bridgehead atoms. The smallest absolute Gasteiger partial charge is 0.223 e. The van der Waals surface area contributed by atoms with Gasteiger partial charge in [0, 0.05) is 18.7 Å². The van der Waals surface area contributed by atoms with Crippen LogP contribution in [0.2, 0.25) is 0 Å². The Hall–Kier alpha value is -2.10. The van der Waals surface area contributed by atoms with Crippen molar-refractivity contribution >= 4 is 5.91 Å². The molecule has 3 rings (SSSR count). The summed E-state index contributed by atoms with van der Waals surface area (Å²) in [6, 6.07) is 10.1. The van der Waals surface area contributed by atoms with Crippen LogP contribution < -0.4 is 5.32 Å². The van der Waals surface area contributed by atoms with Gasteiger partial charge in [0.25, 0.3) is 0 Å². The molecular formula is C17H21N3O. The Morgan fingerprint density at radius 2 is 2.10 bits per heavy atom. The zero-order valence-electron chi connectivity index (χ0n) is 12.3. The van der Waals surface area contributed by atoms with Crippen LogP contribution in [0.5, 0.6) is 0 Å². The molecular weight excluding hydrogens is 262 g/mol. The molecule has 0 aliphatic heterocycles. The van der Waals surface area contributed by atoms with E-state index in [2.05, 4.69) is 34.6 Å². The largest absolute Gasteiger partial charge is 0.352 e. The van der Waals surface area contributed by atoms with Gasteiger partial charge in [0.15, 0.2) is 0 Å². The number of rotatable bonds is 4. The van der Waals surface area contributed by atoms with Crippen LogP contribution in [-0.4, -0.2) is 16.1 Å². The number of aromatic nitrogens is 2. The quantitative estimate of drug-likeness (QED) is 0.905. The number of H-pyrrole nitrogens is 1. The zero-order chi connectivity index (χ0) is 14.7. The van der Waals surface area contributed by atoms with E-state index in [0.29, 0.717) is 12.5 Å². The Labute approximate surface area is 125 Å². The van der Waals surface area contributed by atoms with E-state index in [-0.39, 0.29) is 11.8 Å². The number of carbonyl (C=O) groups excluding carboxylic acids is 1. The van der Waals surface area contributed by atoms with Crippen molar-refractivity contribution in [2.75, 3.05) is 0 Å². The molecule has 2 atom stereocenters. The molecule has 21 heavy (non-hydrogen) atoms. The van der Waals surface area contributed by atoms with E-state index in [1.807, 2.05) is 18.2 Å². The SMILES string of the molecule is CC1CCCC1C(=O)NCc1ccc(-c2ccn[nH]2)cc1. The monoisotopic (exact) mass is 283 g/mol. The molecule has 110 valence electrons. The van der Waals surface area contributed by atoms with Gasteiger partial charge in [-0.15, -0.1) is 0 Å². The summed E-state index contributed by atoms with van der Waals surface area (Å²) in [6.45, 7) is 2.78. The van der Waals surface area contributed by atoms with Gasteiger partial charge in [0.1, 0.15) is 0 Å². The second-order valence-corrected chi connectivity index (χ2v) is 5.90. The molecule has 1 saturated carbocycles. The Morgan fingerprint density at radius 3 is 2.71 bits per heavy atom. The Kier molecular flexibility index (Phi) is 4.04. The van der Waals surface area contributed by atoms with Crippen molar-refractivity contribution in [1.82, 2.24) is 15.5 Å². The minimum absolute atomic E-state index is 0.203. The van der Waals surface area contributed by atoms with Gasteiger partial charge >= 0.3 is 0 Å². The van der Waals surface area contributed by atoms with E-state index in [1.165, 1.54) is 12.8 Å². The first-order valence-electron chi connectivity index (χ1n) is 7.60. The lowest BCUT2D eigenvalue weighted by Crippen LogP contribution is -2.31. The van der Waals surface area contributed by atoms with Crippen LogP contribution in [0.25, 0.3) is 11.3 Å². The topological polar surface area (TPSA) is 57.8 Å². The standard InChI is InChI=1S/C17H21N3O/c1-12-3-2-4-15(12)17(21)18-11-13-5-7-14(8-6-13)16-9-10-19-20-16/h5-10,12,15H,2-4,11H2,1H3,(H,18,21)(H,19,20). The normalized spacial score (nSPS) is 21.4. The van der Waals surface area contributed by atoms with Crippen molar-refractivity contribution < 1.29 is 4.79 Å². The number of hydrogen-bond donors (Lipinski definition) is 2. The van der Waals surface area contributed by atoms with Crippen molar-refractivity contribution in [2.45, 2.75) is 32.7 Å². The maximum absolute atomic E-state index is 12.2. The highest BCUT2D eigenvalue weighted by Gasteiger charge is 2.29. The molecule has 1 aliphatic rings. The number of carbonyl (C=O) groups is 1. The third-order valence-corrected chi connectivity index (χ3v) is 4.43. The molecule has 4 heteroatoms. The lowest BCUT2D eigenvalue weighted by molar-refractivity contribution is -0.126. The van der Waals surface area contributed by atoms with E-state index in [1.54, 1.807) is 6.20 Å². The highest BCUT2D eigenvalue weighted by atomic mass is 16.1. The Balaban J connectivity index is 1.57. The minimum atomic E-state index is 0.203. The number of aromatic amines is 1. The summed E-state index contributed by atoms with van der Waals surface area (Å²) < 4.78 is 0. The molecule has 2 N–H and O–H groups in total. The summed E-state index contributed by atoms with van der Waals surface area (Å²) in [5.41, 5.74) is 3.23. The molecule has 2 aromatic rings. The van der Waals surface area contributed by atoms with E-state index in [0.717, 1.165) is 23.2 Å². The van der Waals surface area contributed by atoms with Crippen LogP contribution in [0.1, 0.15) is 31.7 Å². The summed E-state index contributed by atoms with van der Waals surface area (Å²) in [5, 5.41) is 9.96.